The molecule has 2 fully saturated rings. The Morgan fingerprint density at radius 3 is 2.85 bits per heavy atom. The molecule has 2 aliphatic rings. The molecule has 1 aliphatic heterocycles. The predicted molar refractivity (Wildman–Crippen MR) is 74.5 cm³/mol. The zero-order valence-electron chi connectivity index (χ0n) is 11.0. The van der Waals surface area contributed by atoms with E-state index in [2.05, 4.69) is 5.32 Å². The lowest BCUT2D eigenvalue weighted by Crippen LogP contribution is -2.35. The van der Waals surface area contributed by atoms with E-state index < -0.39 is 11.7 Å². The number of likely N-dealkylation sites (tertiary alicyclic amines) is 1. The lowest BCUT2D eigenvalue weighted by Gasteiger charge is -2.15. The van der Waals surface area contributed by atoms with Crippen LogP contribution in [0.4, 0.5) is 0 Å². The van der Waals surface area contributed by atoms with Crippen LogP contribution in [0.25, 0.3) is 0 Å². The number of rotatable bonds is 5. The fourth-order valence-corrected chi connectivity index (χ4v) is 3.18. The molecule has 1 saturated carbocycles. The highest BCUT2D eigenvalue weighted by atomic mass is 32.1. The van der Waals surface area contributed by atoms with Crippen LogP contribution in [0.1, 0.15) is 28.9 Å². The van der Waals surface area contributed by atoms with E-state index in [0.29, 0.717) is 30.4 Å². The molecular formula is C14H16N2O3S. The molecule has 5 nitrogen and oxygen atoms in total. The molecule has 1 atom stereocenters. The average Bonchev–Trinajstić information content (AvgIpc) is 3.00. The lowest BCUT2D eigenvalue weighted by molar-refractivity contribution is -0.128. The molecule has 3 rings (SSSR count). The second kappa shape index (κ2) is 5.36. The van der Waals surface area contributed by atoms with Crippen LogP contribution in [0.15, 0.2) is 17.5 Å². The molecule has 0 radical (unpaired) electrons. The zero-order valence-corrected chi connectivity index (χ0v) is 11.8. The minimum absolute atomic E-state index is 0.128. The van der Waals surface area contributed by atoms with Gasteiger partial charge in [0.25, 0.3) is 11.7 Å². The van der Waals surface area contributed by atoms with Crippen molar-refractivity contribution >= 4 is 28.9 Å². The highest BCUT2D eigenvalue weighted by Crippen LogP contribution is 2.32. The monoisotopic (exact) mass is 292 g/mol. The van der Waals surface area contributed by atoms with Gasteiger partial charge in [-0.25, -0.2) is 0 Å². The van der Waals surface area contributed by atoms with Gasteiger partial charge in [-0.05, 0) is 24.3 Å². The summed E-state index contributed by atoms with van der Waals surface area (Å²) in [6, 6.07) is 3.81. The standard InChI is InChI=1S/C14H16N2O3S/c17-12-6-9(8-16(12)10-3-4-10)7-15-14(19)13(18)11-2-1-5-20-11/h1-2,5,9-10H,3-4,6-8H2,(H,15,19)/t9-/m0/s1. The van der Waals surface area contributed by atoms with Crippen molar-refractivity contribution in [3.63, 3.8) is 0 Å². The molecule has 2 heterocycles. The molecule has 2 amide bonds. The van der Waals surface area contributed by atoms with Crippen molar-refractivity contribution in [1.29, 1.82) is 0 Å². The van der Waals surface area contributed by atoms with Gasteiger partial charge < -0.3 is 10.2 Å². The maximum atomic E-state index is 11.8. The molecule has 1 aliphatic carbocycles. The van der Waals surface area contributed by atoms with E-state index in [9.17, 15) is 14.4 Å². The van der Waals surface area contributed by atoms with Gasteiger partial charge in [0.05, 0.1) is 4.88 Å². The topological polar surface area (TPSA) is 66.5 Å². The number of ketones is 1. The summed E-state index contributed by atoms with van der Waals surface area (Å²) in [5, 5.41) is 4.42. The molecule has 1 N–H and O–H groups in total. The summed E-state index contributed by atoms with van der Waals surface area (Å²) in [6.45, 7) is 1.10. The summed E-state index contributed by atoms with van der Waals surface area (Å²) in [5.41, 5.74) is 0. The third kappa shape index (κ3) is 2.75. The second-order valence-electron chi connectivity index (χ2n) is 5.36. The summed E-state index contributed by atoms with van der Waals surface area (Å²) < 4.78 is 0. The van der Waals surface area contributed by atoms with Crippen molar-refractivity contribution in [1.82, 2.24) is 10.2 Å². The second-order valence-corrected chi connectivity index (χ2v) is 6.31. The Kier molecular flexibility index (Phi) is 3.56. The predicted octanol–water partition coefficient (Wildman–Crippen LogP) is 1.06. The molecule has 1 aromatic heterocycles. The van der Waals surface area contributed by atoms with Crippen molar-refractivity contribution in [2.45, 2.75) is 25.3 Å². The quantitative estimate of drug-likeness (QED) is 0.652. The number of amides is 2. The van der Waals surface area contributed by atoms with Crippen LogP contribution in [0, 0.1) is 5.92 Å². The van der Waals surface area contributed by atoms with Crippen LogP contribution in [0.3, 0.4) is 0 Å². The van der Waals surface area contributed by atoms with Crippen molar-refractivity contribution in [2.24, 2.45) is 5.92 Å². The Bertz CT molecular complexity index is 537. The minimum atomic E-state index is -0.579. The third-order valence-corrected chi connectivity index (χ3v) is 4.60. The van der Waals surface area contributed by atoms with Gasteiger partial charge in [0.2, 0.25) is 5.91 Å². The number of thiophene rings is 1. The Morgan fingerprint density at radius 2 is 2.20 bits per heavy atom. The third-order valence-electron chi connectivity index (χ3n) is 3.73. The minimum Gasteiger partial charge on any atom is -0.349 e. The van der Waals surface area contributed by atoms with Crippen molar-refractivity contribution < 1.29 is 14.4 Å². The molecule has 0 bridgehead atoms. The van der Waals surface area contributed by atoms with Gasteiger partial charge in [0, 0.05) is 31.5 Å². The molecule has 6 heteroatoms. The molecule has 1 aromatic rings. The summed E-state index contributed by atoms with van der Waals surface area (Å²) in [6.07, 6.45) is 2.67. The molecular weight excluding hydrogens is 276 g/mol. The Morgan fingerprint density at radius 1 is 1.40 bits per heavy atom. The van der Waals surface area contributed by atoms with Gasteiger partial charge >= 0.3 is 0 Å². The SMILES string of the molecule is O=C(NC[C@@H]1CC(=O)N(C2CC2)C1)C(=O)c1cccs1. The van der Waals surface area contributed by atoms with Crippen molar-refractivity contribution in [3.05, 3.63) is 22.4 Å². The smallest absolute Gasteiger partial charge is 0.293 e. The fraction of sp³-hybridized carbons (Fsp3) is 0.500. The normalized spacial score (nSPS) is 22.1. The lowest BCUT2D eigenvalue weighted by atomic mass is 10.1. The molecule has 1 saturated heterocycles. The van der Waals surface area contributed by atoms with E-state index in [1.165, 1.54) is 11.3 Å². The van der Waals surface area contributed by atoms with Crippen LogP contribution >= 0.6 is 11.3 Å². The van der Waals surface area contributed by atoms with Crippen LogP contribution in [0.5, 0.6) is 0 Å². The Balaban J connectivity index is 1.49. The maximum absolute atomic E-state index is 11.8. The maximum Gasteiger partial charge on any atom is 0.293 e. The van der Waals surface area contributed by atoms with Gasteiger partial charge in [-0.2, -0.15) is 0 Å². The van der Waals surface area contributed by atoms with Gasteiger partial charge in [-0.3, -0.25) is 14.4 Å². The van der Waals surface area contributed by atoms with Crippen LogP contribution in [-0.4, -0.2) is 41.6 Å². The molecule has 20 heavy (non-hydrogen) atoms. The highest BCUT2D eigenvalue weighted by molar-refractivity contribution is 7.13. The number of hydrogen-bond donors (Lipinski definition) is 1. The van der Waals surface area contributed by atoms with Crippen molar-refractivity contribution in [2.75, 3.05) is 13.1 Å². The summed E-state index contributed by atoms with van der Waals surface area (Å²) >= 11 is 1.26. The number of Topliss-reactive ketones (excluding diaryl/α,β-unsaturated/α-hetero) is 1. The largest absolute Gasteiger partial charge is 0.349 e. The van der Waals surface area contributed by atoms with Crippen LogP contribution in [0.2, 0.25) is 0 Å². The molecule has 0 spiro atoms. The molecule has 0 aromatic carbocycles. The first-order valence-electron chi connectivity index (χ1n) is 6.80. The van der Waals surface area contributed by atoms with E-state index >= 15 is 0 Å². The number of carbonyl (C=O) groups excluding carboxylic acids is 3. The molecule has 106 valence electrons. The summed E-state index contributed by atoms with van der Waals surface area (Å²) in [4.78, 5) is 37.7. The van der Waals surface area contributed by atoms with Crippen LogP contribution in [-0.2, 0) is 9.59 Å². The van der Waals surface area contributed by atoms with Crippen LogP contribution < -0.4 is 5.32 Å². The number of nitrogens with zero attached hydrogens (tertiary/aromatic N) is 1. The average molecular weight is 292 g/mol. The van der Waals surface area contributed by atoms with Gasteiger partial charge in [0.1, 0.15) is 0 Å². The Labute approximate surface area is 121 Å². The summed E-state index contributed by atoms with van der Waals surface area (Å²) in [7, 11) is 0. The van der Waals surface area contributed by atoms with E-state index in [0.717, 1.165) is 12.8 Å². The number of carbonyl (C=O) groups is 3. The van der Waals surface area contributed by atoms with E-state index in [-0.39, 0.29) is 11.8 Å². The number of nitrogens with one attached hydrogen (secondary N) is 1. The van der Waals surface area contributed by atoms with E-state index in [1.54, 1.807) is 17.5 Å². The first kappa shape index (κ1) is 13.3. The Hall–Kier alpha value is -1.69. The van der Waals surface area contributed by atoms with E-state index in [4.69, 9.17) is 0 Å². The summed E-state index contributed by atoms with van der Waals surface area (Å²) in [5.74, 6) is -0.771. The van der Waals surface area contributed by atoms with E-state index in [1.807, 2.05) is 4.90 Å². The van der Waals surface area contributed by atoms with Gasteiger partial charge in [0.15, 0.2) is 0 Å². The number of hydrogen-bond acceptors (Lipinski definition) is 4. The highest BCUT2D eigenvalue weighted by Gasteiger charge is 2.39. The first-order valence-corrected chi connectivity index (χ1v) is 7.68. The van der Waals surface area contributed by atoms with Gasteiger partial charge in [-0.1, -0.05) is 6.07 Å². The molecule has 0 unspecified atom stereocenters. The van der Waals surface area contributed by atoms with Crippen molar-refractivity contribution in [3.8, 4) is 0 Å². The van der Waals surface area contributed by atoms with Gasteiger partial charge in [-0.15, -0.1) is 11.3 Å². The fourth-order valence-electron chi connectivity index (χ4n) is 2.52. The first-order chi connectivity index (χ1) is 9.65. The zero-order chi connectivity index (χ0) is 14.1.